The molecule has 0 aromatic rings. The van der Waals surface area contributed by atoms with Crippen molar-refractivity contribution in [3.63, 3.8) is 0 Å². The minimum atomic E-state index is -0.395. The zero-order valence-electron chi connectivity index (χ0n) is 4.37. The van der Waals surface area contributed by atoms with Gasteiger partial charge < -0.3 is 0 Å². The van der Waals surface area contributed by atoms with E-state index in [9.17, 15) is 0 Å². The summed E-state index contributed by atoms with van der Waals surface area (Å²) in [5.41, 5.74) is 0. The molecule has 1 rings (SSSR count). The lowest BCUT2D eigenvalue weighted by atomic mass is 10.3. The number of rotatable bonds is 1. The first-order chi connectivity index (χ1) is 3.93. The first-order valence-corrected chi connectivity index (χ1v) is 3.43. The molecule has 1 fully saturated rings. The highest BCUT2D eigenvalue weighted by Crippen LogP contribution is 2.20. The van der Waals surface area contributed by atoms with Crippen LogP contribution < -0.4 is 0 Å². The molecule has 0 aromatic heterocycles. The Morgan fingerprint density at radius 3 is 3.00 bits per heavy atom. The zero-order chi connectivity index (χ0) is 5.82. The standard InChI is InChI=1S/C4H8O3S/c5-6-4-2-1-3-8-7-4/h4-5H,1-3H2. The van der Waals surface area contributed by atoms with E-state index < -0.39 is 6.29 Å². The van der Waals surface area contributed by atoms with E-state index in [0.29, 0.717) is 0 Å². The van der Waals surface area contributed by atoms with Crippen LogP contribution in [0.25, 0.3) is 0 Å². The molecule has 3 nitrogen and oxygen atoms in total. The van der Waals surface area contributed by atoms with Crippen molar-refractivity contribution in [3.8, 4) is 0 Å². The molecule has 0 aromatic carbocycles. The summed E-state index contributed by atoms with van der Waals surface area (Å²) < 4.78 is 4.87. The van der Waals surface area contributed by atoms with Gasteiger partial charge in [0, 0.05) is 12.2 Å². The molecule has 48 valence electrons. The molecule has 8 heavy (non-hydrogen) atoms. The van der Waals surface area contributed by atoms with Crippen molar-refractivity contribution < 1.29 is 14.3 Å². The molecule has 0 amide bonds. The van der Waals surface area contributed by atoms with Crippen LogP contribution in [0, 0.1) is 0 Å². The van der Waals surface area contributed by atoms with Crippen molar-refractivity contribution >= 4 is 12.0 Å². The fourth-order valence-corrected chi connectivity index (χ4v) is 1.22. The predicted molar refractivity (Wildman–Crippen MR) is 30.3 cm³/mol. The predicted octanol–water partition coefficient (Wildman–Crippen LogP) is 1.26. The van der Waals surface area contributed by atoms with Crippen molar-refractivity contribution in [2.75, 3.05) is 5.75 Å². The summed E-state index contributed by atoms with van der Waals surface area (Å²) in [6.07, 6.45) is 1.45. The lowest BCUT2D eigenvalue weighted by Gasteiger charge is -2.16. The van der Waals surface area contributed by atoms with E-state index in [1.807, 2.05) is 0 Å². The van der Waals surface area contributed by atoms with Gasteiger partial charge in [-0.3, -0.25) is 4.18 Å². The largest absolute Gasteiger partial charge is 0.281 e. The summed E-state index contributed by atoms with van der Waals surface area (Å²) in [4.78, 5) is 3.95. The minimum absolute atomic E-state index is 0.395. The highest BCUT2D eigenvalue weighted by molar-refractivity contribution is 7.94. The van der Waals surface area contributed by atoms with Crippen molar-refractivity contribution in [1.82, 2.24) is 0 Å². The topological polar surface area (TPSA) is 38.7 Å². The Bertz CT molecular complexity index is 62.3. The van der Waals surface area contributed by atoms with Gasteiger partial charge in [0.1, 0.15) is 0 Å². The van der Waals surface area contributed by atoms with E-state index in [-0.39, 0.29) is 0 Å². The number of hydrogen-bond acceptors (Lipinski definition) is 4. The minimum Gasteiger partial charge on any atom is -0.281 e. The van der Waals surface area contributed by atoms with Crippen LogP contribution >= 0.6 is 12.0 Å². The molecule has 0 radical (unpaired) electrons. The van der Waals surface area contributed by atoms with Crippen molar-refractivity contribution in [3.05, 3.63) is 0 Å². The van der Waals surface area contributed by atoms with E-state index in [0.717, 1.165) is 18.6 Å². The SMILES string of the molecule is OOC1CCCSO1. The van der Waals surface area contributed by atoms with Crippen LogP contribution in [0.3, 0.4) is 0 Å². The molecule has 0 saturated carbocycles. The summed E-state index contributed by atoms with van der Waals surface area (Å²) in [7, 11) is 0. The molecule has 1 N–H and O–H groups in total. The molecule has 1 aliphatic heterocycles. The van der Waals surface area contributed by atoms with Crippen molar-refractivity contribution in [2.45, 2.75) is 19.1 Å². The molecular formula is C4H8O3S. The zero-order valence-corrected chi connectivity index (χ0v) is 5.19. The van der Waals surface area contributed by atoms with E-state index in [2.05, 4.69) is 4.89 Å². The smallest absolute Gasteiger partial charge is 0.203 e. The first-order valence-electron chi connectivity index (χ1n) is 2.52. The fraction of sp³-hybridized carbons (Fsp3) is 1.00. The van der Waals surface area contributed by atoms with E-state index in [4.69, 9.17) is 9.44 Å². The molecule has 0 spiro atoms. The second-order valence-electron chi connectivity index (χ2n) is 1.60. The Hall–Kier alpha value is 0.230. The molecule has 1 heterocycles. The van der Waals surface area contributed by atoms with Crippen LogP contribution in [-0.2, 0) is 9.07 Å². The van der Waals surface area contributed by atoms with Gasteiger partial charge in [0.15, 0.2) is 0 Å². The highest BCUT2D eigenvalue weighted by Gasteiger charge is 2.13. The first kappa shape index (κ1) is 6.35. The van der Waals surface area contributed by atoms with Crippen LogP contribution in [0.2, 0.25) is 0 Å². The molecule has 4 heteroatoms. The van der Waals surface area contributed by atoms with Gasteiger partial charge in [0.2, 0.25) is 6.29 Å². The van der Waals surface area contributed by atoms with Gasteiger partial charge in [-0.15, -0.1) is 0 Å². The Morgan fingerprint density at radius 1 is 1.75 bits per heavy atom. The monoisotopic (exact) mass is 136 g/mol. The Labute approximate surface area is 52.1 Å². The molecule has 1 atom stereocenters. The molecule has 1 aliphatic rings. The average Bonchev–Trinajstić information content (AvgIpc) is 1.90. The third kappa shape index (κ3) is 1.63. The maximum absolute atomic E-state index is 8.05. The lowest BCUT2D eigenvalue weighted by molar-refractivity contribution is -0.325. The van der Waals surface area contributed by atoms with Crippen LogP contribution in [0.4, 0.5) is 0 Å². The molecule has 0 aliphatic carbocycles. The summed E-state index contributed by atoms with van der Waals surface area (Å²) in [5, 5.41) is 8.05. The Kier molecular flexibility index (Phi) is 2.62. The molecule has 1 saturated heterocycles. The third-order valence-electron chi connectivity index (χ3n) is 0.960. The van der Waals surface area contributed by atoms with Crippen LogP contribution in [0.15, 0.2) is 0 Å². The Balaban J connectivity index is 2.13. The van der Waals surface area contributed by atoms with Gasteiger partial charge in [-0.1, -0.05) is 0 Å². The summed E-state index contributed by atoms with van der Waals surface area (Å²) in [6, 6.07) is 0. The van der Waals surface area contributed by atoms with Crippen LogP contribution in [-0.4, -0.2) is 17.3 Å². The van der Waals surface area contributed by atoms with Gasteiger partial charge in [-0.25, -0.2) is 10.1 Å². The average molecular weight is 136 g/mol. The summed E-state index contributed by atoms with van der Waals surface area (Å²) >= 11 is 1.34. The lowest BCUT2D eigenvalue weighted by Crippen LogP contribution is -2.16. The fourth-order valence-electron chi connectivity index (χ4n) is 0.551. The second kappa shape index (κ2) is 3.29. The van der Waals surface area contributed by atoms with Crippen LogP contribution in [0.1, 0.15) is 12.8 Å². The van der Waals surface area contributed by atoms with Gasteiger partial charge in [-0.2, -0.15) is 0 Å². The molecule has 0 bridgehead atoms. The Morgan fingerprint density at radius 2 is 2.62 bits per heavy atom. The summed E-state index contributed by atoms with van der Waals surface area (Å²) in [6.45, 7) is 0. The normalized spacial score (nSPS) is 30.4. The van der Waals surface area contributed by atoms with E-state index in [1.165, 1.54) is 12.0 Å². The van der Waals surface area contributed by atoms with Gasteiger partial charge in [-0.05, 0) is 18.5 Å². The summed E-state index contributed by atoms with van der Waals surface area (Å²) in [5.74, 6) is 1.000. The third-order valence-corrected chi connectivity index (χ3v) is 1.77. The quantitative estimate of drug-likeness (QED) is 0.334. The van der Waals surface area contributed by atoms with Crippen molar-refractivity contribution in [2.24, 2.45) is 0 Å². The molecule has 1 unspecified atom stereocenters. The number of hydrogen-bond donors (Lipinski definition) is 1. The van der Waals surface area contributed by atoms with Gasteiger partial charge in [0.05, 0.1) is 0 Å². The van der Waals surface area contributed by atoms with E-state index >= 15 is 0 Å². The van der Waals surface area contributed by atoms with Gasteiger partial charge in [0.25, 0.3) is 0 Å². The maximum Gasteiger partial charge on any atom is 0.203 e. The maximum atomic E-state index is 8.05. The van der Waals surface area contributed by atoms with E-state index in [1.54, 1.807) is 0 Å². The highest BCUT2D eigenvalue weighted by atomic mass is 32.2. The molecular weight excluding hydrogens is 128 g/mol. The van der Waals surface area contributed by atoms with Crippen LogP contribution in [0.5, 0.6) is 0 Å². The second-order valence-corrected chi connectivity index (χ2v) is 2.43. The van der Waals surface area contributed by atoms with Gasteiger partial charge >= 0.3 is 0 Å². The van der Waals surface area contributed by atoms with Crippen molar-refractivity contribution in [1.29, 1.82) is 0 Å².